The maximum atomic E-state index is 14.0. The third-order valence-electron chi connectivity index (χ3n) is 4.24. The summed E-state index contributed by atoms with van der Waals surface area (Å²) in [5, 5.41) is 3.71. The van der Waals surface area contributed by atoms with Gasteiger partial charge in [-0.3, -0.25) is 0 Å². The molecule has 1 fully saturated rings. The van der Waals surface area contributed by atoms with Crippen molar-refractivity contribution >= 4 is 29.4 Å². The predicted molar refractivity (Wildman–Crippen MR) is 101 cm³/mol. The van der Waals surface area contributed by atoms with E-state index < -0.39 is 0 Å². The second-order valence-corrected chi connectivity index (χ2v) is 7.69. The maximum absolute atomic E-state index is 14.0. The Kier molecular flexibility index (Phi) is 6.21. The van der Waals surface area contributed by atoms with E-state index in [0.717, 1.165) is 23.3 Å². The molecule has 0 spiro atoms. The van der Waals surface area contributed by atoms with Crippen molar-refractivity contribution in [3.63, 3.8) is 0 Å². The molecule has 0 aliphatic carbocycles. The number of nitrogens with one attached hydrogen (secondary N) is 1. The van der Waals surface area contributed by atoms with Crippen LogP contribution in [0.1, 0.15) is 22.8 Å². The normalized spacial score (nSPS) is 17.8. The highest BCUT2D eigenvalue weighted by Crippen LogP contribution is 2.35. The van der Waals surface area contributed by atoms with Crippen molar-refractivity contribution in [2.24, 2.45) is 0 Å². The standard InChI is InChI=1S/C19H20ClFN2OS/c20-15-7-5-14(6-8-15)13-22-19(24)23-10-9-18(25-12-11-23)16-3-1-2-4-17(16)21/h1-8,18H,9-13H2,(H,22,24)/t18-/m0/s1. The summed E-state index contributed by atoms with van der Waals surface area (Å²) >= 11 is 7.58. The fourth-order valence-electron chi connectivity index (χ4n) is 2.85. The Labute approximate surface area is 156 Å². The molecule has 1 N–H and O–H groups in total. The van der Waals surface area contributed by atoms with Gasteiger partial charge >= 0.3 is 6.03 Å². The van der Waals surface area contributed by atoms with Gasteiger partial charge in [-0.1, -0.05) is 41.9 Å². The lowest BCUT2D eigenvalue weighted by Crippen LogP contribution is -2.40. The molecule has 6 heteroatoms. The molecule has 0 aromatic heterocycles. The van der Waals surface area contributed by atoms with E-state index in [1.54, 1.807) is 17.8 Å². The highest BCUT2D eigenvalue weighted by atomic mass is 35.5. The number of nitrogens with zero attached hydrogens (tertiary/aromatic N) is 1. The van der Waals surface area contributed by atoms with Gasteiger partial charge in [-0.15, -0.1) is 0 Å². The number of carbonyl (C=O) groups is 1. The lowest BCUT2D eigenvalue weighted by Gasteiger charge is -2.21. The molecule has 3 nitrogen and oxygen atoms in total. The summed E-state index contributed by atoms with van der Waals surface area (Å²) in [5.74, 6) is 0.633. The molecule has 2 aromatic rings. The fourth-order valence-corrected chi connectivity index (χ4v) is 4.23. The number of hydrogen-bond acceptors (Lipinski definition) is 2. The fraction of sp³-hybridized carbons (Fsp3) is 0.316. The zero-order valence-electron chi connectivity index (χ0n) is 13.8. The molecule has 132 valence electrons. The van der Waals surface area contributed by atoms with Crippen molar-refractivity contribution in [1.82, 2.24) is 10.2 Å². The summed E-state index contributed by atoms with van der Waals surface area (Å²) in [6.07, 6.45) is 0.750. The molecule has 1 aliphatic heterocycles. The van der Waals surface area contributed by atoms with Crippen LogP contribution in [0.4, 0.5) is 9.18 Å². The molecule has 2 amide bonds. The van der Waals surface area contributed by atoms with Gasteiger partial charge in [0, 0.05) is 41.2 Å². The monoisotopic (exact) mass is 378 g/mol. The van der Waals surface area contributed by atoms with Crippen molar-refractivity contribution in [3.05, 3.63) is 70.5 Å². The first-order chi connectivity index (χ1) is 12.1. The van der Waals surface area contributed by atoms with Gasteiger partial charge in [0.2, 0.25) is 0 Å². The van der Waals surface area contributed by atoms with Crippen molar-refractivity contribution in [3.8, 4) is 0 Å². The number of hydrogen-bond donors (Lipinski definition) is 1. The highest BCUT2D eigenvalue weighted by molar-refractivity contribution is 7.99. The Bertz CT molecular complexity index is 726. The van der Waals surface area contributed by atoms with Gasteiger partial charge in [0.25, 0.3) is 0 Å². The molecular formula is C19H20ClFN2OS. The smallest absolute Gasteiger partial charge is 0.317 e. The minimum atomic E-state index is -0.166. The predicted octanol–water partition coefficient (Wildman–Crippen LogP) is 4.87. The molecule has 1 heterocycles. The van der Waals surface area contributed by atoms with Crippen LogP contribution in [0.5, 0.6) is 0 Å². The molecule has 0 bridgehead atoms. The topological polar surface area (TPSA) is 32.3 Å². The Morgan fingerprint density at radius 1 is 1.20 bits per heavy atom. The maximum Gasteiger partial charge on any atom is 0.317 e. The lowest BCUT2D eigenvalue weighted by molar-refractivity contribution is 0.200. The van der Waals surface area contributed by atoms with Crippen molar-refractivity contribution in [1.29, 1.82) is 0 Å². The van der Waals surface area contributed by atoms with Crippen LogP contribution in [0, 0.1) is 5.82 Å². The number of amides is 2. The van der Waals surface area contributed by atoms with Crippen LogP contribution in [0.3, 0.4) is 0 Å². The lowest BCUT2D eigenvalue weighted by atomic mass is 10.1. The quantitative estimate of drug-likeness (QED) is 0.826. The van der Waals surface area contributed by atoms with Gasteiger partial charge in [0.1, 0.15) is 5.82 Å². The second-order valence-electron chi connectivity index (χ2n) is 5.94. The van der Waals surface area contributed by atoms with E-state index in [0.29, 0.717) is 24.7 Å². The third-order valence-corrected chi connectivity index (χ3v) is 5.80. The molecule has 1 atom stereocenters. The van der Waals surface area contributed by atoms with Gasteiger partial charge in [-0.2, -0.15) is 11.8 Å². The Hall–Kier alpha value is -1.72. The first-order valence-electron chi connectivity index (χ1n) is 8.27. The van der Waals surface area contributed by atoms with E-state index in [1.165, 1.54) is 6.07 Å². The van der Waals surface area contributed by atoms with Crippen LogP contribution >= 0.6 is 23.4 Å². The van der Waals surface area contributed by atoms with Crippen LogP contribution in [0.2, 0.25) is 5.02 Å². The summed E-state index contributed by atoms with van der Waals surface area (Å²) in [6, 6.07) is 14.2. The zero-order valence-corrected chi connectivity index (χ0v) is 15.3. The zero-order chi connectivity index (χ0) is 17.6. The summed E-state index contributed by atoms with van der Waals surface area (Å²) in [7, 11) is 0. The molecule has 2 aromatic carbocycles. The van der Waals surface area contributed by atoms with Crippen molar-refractivity contribution in [2.45, 2.75) is 18.2 Å². The summed E-state index contributed by atoms with van der Waals surface area (Å²) < 4.78 is 14.0. The molecule has 0 saturated carbocycles. The van der Waals surface area contributed by atoms with Crippen LogP contribution in [0.15, 0.2) is 48.5 Å². The highest BCUT2D eigenvalue weighted by Gasteiger charge is 2.23. The van der Waals surface area contributed by atoms with Gasteiger partial charge in [-0.05, 0) is 30.2 Å². The van der Waals surface area contributed by atoms with Crippen LogP contribution in [-0.4, -0.2) is 29.8 Å². The minimum absolute atomic E-state index is 0.0790. The Morgan fingerprint density at radius 2 is 1.96 bits per heavy atom. The summed E-state index contributed by atoms with van der Waals surface area (Å²) in [5.41, 5.74) is 1.74. The SMILES string of the molecule is O=C(NCc1ccc(Cl)cc1)N1CCS[C@H](c2ccccc2F)CC1. The average molecular weight is 379 g/mol. The minimum Gasteiger partial charge on any atom is -0.334 e. The van der Waals surface area contributed by atoms with E-state index in [-0.39, 0.29) is 17.1 Å². The van der Waals surface area contributed by atoms with Crippen LogP contribution in [-0.2, 0) is 6.54 Å². The van der Waals surface area contributed by atoms with Gasteiger partial charge in [0.15, 0.2) is 0 Å². The van der Waals surface area contributed by atoms with Gasteiger partial charge in [0.05, 0.1) is 0 Å². The number of carbonyl (C=O) groups excluding carboxylic acids is 1. The molecule has 0 unspecified atom stereocenters. The van der Waals surface area contributed by atoms with Gasteiger partial charge < -0.3 is 10.2 Å². The van der Waals surface area contributed by atoms with Gasteiger partial charge in [-0.25, -0.2) is 9.18 Å². The van der Waals surface area contributed by atoms with Crippen molar-refractivity contribution in [2.75, 3.05) is 18.8 Å². The first kappa shape index (κ1) is 18.1. The molecular weight excluding hydrogens is 359 g/mol. The molecule has 25 heavy (non-hydrogen) atoms. The summed E-state index contributed by atoms with van der Waals surface area (Å²) in [6.45, 7) is 1.76. The first-order valence-corrected chi connectivity index (χ1v) is 9.69. The third kappa shape index (κ3) is 4.89. The van der Waals surface area contributed by atoms with E-state index in [2.05, 4.69) is 5.32 Å². The Morgan fingerprint density at radius 3 is 2.72 bits per heavy atom. The van der Waals surface area contributed by atoms with E-state index in [1.807, 2.05) is 41.3 Å². The van der Waals surface area contributed by atoms with Crippen LogP contribution < -0.4 is 5.32 Å². The molecule has 3 rings (SSSR count). The number of thioether (sulfide) groups is 1. The van der Waals surface area contributed by atoms with E-state index in [9.17, 15) is 9.18 Å². The molecule has 0 radical (unpaired) electrons. The Balaban J connectivity index is 1.54. The number of urea groups is 1. The summed E-state index contributed by atoms with van der Waals surface area (Å²) in [4.78, 5) is 14.2. The average Bonchev–Trinajstić information content (AvgIpc) is 2.87. The molecule has 1 saturated heterocycles. The van der Waals surface area contributed by atoms with E-state index in [4.69, 9.17) is 11.6 Å². The number of rotatable bonds is 3. The number of benzene rings is 2. The van der Waals surface area contributed by atoms with Crippen LogP contribution in [0.25, 0.3) is 0 Å². The second kappa shape index (κ2) is 8.59. The number of halogens is 2. The molecule has 1 aliphatic rings. The van der Waals surface area contributed by atoms with E-state index >= 15 is 0 Å². The van der Waals surface area contributed by atoms with Crippen molar-refractivity contribution < 1.29 is 9.18 Å². The largest absolute Gasteiger partial charge is 0.334 e.